The molecule has 0 amide bonds. The maximum Gasteiger partial charge on any atom is 0.308 e. The Morgan fingerprint density at radius 1 is 0.811 bits per heavy atom. The summed E-state index contributed by atoms with van der Waals surface area (Å²) in [5, 5.41) is 3.54. The molecule has 0 aliphatic carbocycles. The lowest BCUT2D eigenvalue weighted by Gasteiger charge is -2.24. The molecule has 4 aromatic carbocycles. The molecule has 3 atom stereocenters. The minimum Gasteiger partial charge on any atom is -0.475 e. The van der Waals surface area contributed by atoms with E-state index in [0.717, 1.165) is 22.3 Å². The van der Waals surface area contributed by atoms with E-state index in [9.17, 15) is 4.79 Å². The summed E-state index contributed by atoms with van der Waals surface area (Å²) in [5.74, 6) is 0.292. The van der Waals surface area contributed by atoms with Crippen LogP contribution < -0.4 is 5.32 Å². The van der Waals surface area contributed by atoms with E-state index in [1.54, 1.807) is 0 Å². The third kappa shape index (κ3) is 6.51. The van der Waals surface area contributed by atoms with Crippen molar-refractivity contribution in [2.75, 3.05) is 6.61 Å². The maximum absolute atomic E-state index is 13.4. The van der Waals surface area contributed by atoms with Gasteiger partial charge in [-0.15, -0.1) is 0 Å². The fraction of sp³-hybridized carbons (Fsp3) is 0.188. The molecule has 0 bridgehead atoms. The SMILES string of the molecule is O=C(C[C@H](NCc1ccccc1)c1ccccc1)O[C@@H](c1ccccc1)[C@@H]1COC(c2ccccc2)=N1. The van der Waals surface area contributed by atoms with Gasteiger partial charge in [0.05, 0.1) is 6.42 Å². The Morgan fingerprint density at radius 2 is 1.38 bits per heavy atom. The first-order chi connectivity index (χ1) is 18.3. The molecule has 0 saturated heterocycles. The highest BCUT2D eigenvalue weighted by atomic mass is 16.6. The fourth-order valence-corrected chi connectivity index (χ4v) is 4.48. The molecule has 1 aliphatic rings. The highest BCUT2D eigenvalue weighted by molar-refractivity contribution is 5.95. The molecule has 0 fully saturated rings. The standard InChI is InChI=1S/C32H30N2O3/c35-30(21-28(25-15-7-2-8-16-25)33-22-24-13-5-1-6-14-24)37-31(26-17-9-3-10-18-26)29-23-36-32(34-29)27-19-11-4-12-20-27/h1-20,28-29,31,33H,21-23H2/t28-,29-,31-/m0/s1. The fourth-order valence-electron chi connectivity index (χ4n) is 4.48. The Morgan fingerprint density at radius 3 is 2.03 bits per heavy atom. The topological polar surface area (TPSA) is 59.9 Å². The largest absolute Gasteiger partial charge is 0.475 e. The van der Waals surface area contributed by atoms with Crippen LogP contribution in [0.5, 0.6) is 0 Å². The molecule has 5 heteroatoms. The van der Waals surface area contributed by atoms with Gasteiger partial charge in [-0.1, -0.05) is 109 Å². The van der Waals surface area contributed by atoms with Gasteiger partial charge in [0.1, 0.15) is 12.6 Å². The first-order valence-corrected chi connectivity index (χ1v) is 12.6. The lowest BCUT2D eigenvalue weighted by molar-refractivity contribution is -0.151. The Kier molecular flexibility index (Phi) is 8.04. The molecule has 37 heavy (non-hydrogen) atoms. The van der Waals surface area contributed by atoms with Crippen LogP contribution in [0.15, 0.2) is 126 Å². The predicted octanol–water partition coefficient (Wildman–Crippen LogP) is 6.04. The number of nitrogens with zero attached hydrogens (tertiary/aromatic N) is 1. The van der Waals surface area contributed by atoms with Crippen molar-refractivity contribution in [3.8, 4) is 0 Å². The second-order valence-corrected chi connectivity index (χ2v) is 9.03. The highest BCUT2D eigenvalue weighted by Gasteiger charge is 2.33. The van der Waals surface area contributed by atoms with Gasteiger partial charge in [0.15, 0.2) is 6.10 Å². The van der Waals surface area contributed by atoms with Crippen LogP contribution in [0.3, 0.4) is 0 Å². The molecule has 1 aliphatic heterocycles. The second-order valence-electron chi connectivity index (χ2n) is 9.03. The normalized spacial score (nSPS) is 16.3. The van der Waals surface area contributed by atoms with E-state index in [1.165, 1.54) is 0 Å². The van der Waals surface area contributed by atoms with Crippen LogP contribution in [-0.2, 0) is 20.8 Å². The molecule has 0 saturated carbocycles. The molecular formula is C32H30N2O3. The van der Waals surface area contributed by atoms with E-state index >= 15 is 0 Å². The van der Waals surface area contributed by atoms with E-state index in [-0.39, 0.29) is 24.5 Å². The molecule has 4 aromatic rings. The summed E-state index contributed by atoms with van der Waals surface area (Å²) in [6, 6.07) is 39.3. The van der Waals surface area contributed by atoms with E-state index in [0.29, 0.717) is 19.0 Å². The lowest BCUT2D eigenvalue weighted by atomic mass is 10.0. The average molecular weight is 491 g/mol. The summed E-state index contributed by atoms with van der Waals surface area (Å²) in [7, 11) is 0. The molecule has 0 unspecified atom stereocenters. The number of hydrogen-bond acceptors (Lipinski definition) is 5. The van der Waals surface area contributed by atoms with Crippen molar-refractivity contribution in [2.45, 2.75) is 31.2 Å². The van der Waals surface area contributed by atoms with Crippen molar-refractivity contribution in [3.05, 3.63) is 144 Å². The molecule has 5 rings (SSSR count). The molecule has 0 aromatic heterocycles. The summed E-state index contributed by atoms with van der Waals surface area (Å²) >= 11 is 0. The Balaban J connectivity index is 1.33. The number of rotatable bonds is 10. The van der Waals surface area contributed by atoms with Crippen LogP contribution in [0.4, 0.5) is 0 Å². The van der Waals surface area contributed by atoms with Gasteiger partial charge >= 0.3 is 5.97 Å². The van der Waals surface area contributed by atoms with E-state index in [4.69, 9.17) is 14.5 Å². The molecular weight excluding hydrogens is 460 g/mol. The van der Waals surface area contributed by atoms with Crippen molar-refractivity contribution in [3.63, 3.8) is 0 Å². The zero-order valence-electron chi connectivity index (χ0n) is 20.6. The number of carbonyl (C=O) groups excluding carboxylic acids is 1. The van der Waals surface area contributed by atoms with Crippen LogP contribution in [0.1, 0.15) is 40.8 Å². The van der Waals surface area contributed by atoms with Crippen LogP contribution in [0, 0.1) is 0 Å². The Labute approximate surface area is 217 Å². The monoisotopic (exact) mass is 490 g/mol. The summed E-state index contributed by atoms with van der Waals surface area (Å²) < 4.78 is 12.1. The first kappa shape index (κ1) is 24.5. The number of esters is 1. The van der Waals surface area contributed by atoms with Gasteiger partial charge < -0.3 is 14.8 Å². The van der Waals surface area contributed by atoms with Crippen LogP contribution in [-0.4, -0.2) is 24.5 Å². The molecule has 5 nitrogen and oxygen atoms in total. The van der Waals surface area contributed by atoms with Gasteiger partial charge in [-0.3, -0.25) is 4.79 Å². The van der Waals surface area contributed by atoms with Crippen LogP contribution in [0.25, 0.3) is 0 Å². The van der Waals surface area contributed by atoms with Gasteiger partial charge in [-0.2, -0.15) is 0 Å². The van der Waals surface area contributed by atoms with Crippen molar-refractivity contribution < 1.29 is 14.3 Å². The highest BCUT2D eigenvalue weighted by Crippen LogP contribution is 2.29. The smallest absolute Gasteiger partial charge is 0.308 e. The van der Waals surface area contributed by atoms with Gasteiger partial charge in [-0.05, 0) is 28.8 Å². The molecule has 1 heterocycles. The molecule has 0 spiro atoms. The lowest BCUT2D eigenvalue weighted by Crippen LogP contribution is -2.28. The van der Waals surface area contributed by atoms with Crippen molar-refractivity contribution in [2.24, 2.45) is 4.99 Å². The number of hydrogen-bond donors (Lipinski definition) is 1. The number of benzene rings is 4. The average Bonchev–Trinajstić information content (AvgIpc) is 3.46. The first-order valence-electron chi connectivity index (χ1n) is 12.6. The van der Waals surface area contributed by atoms with Crippen LogP contribution >= 0.6 is 0 Å². The van der Waals surface area contributed by atoms with Crippen molar-refractivity contribution >= 4 is 11.9 Å². The number of nitrogens with one attached hydrogen (secondary N) is 1. The van der Waals surface area contributed by atoms with Gasteiger partial charge in [0.25, 0.3) is 0 Å². The summed E-state index contributed by atoms with van der Waals surface area (Å²) in [6.45, 7) is 1.00. The second kappa shape index (κ2) is 12.2. The summed E-state index contributed by atoms with van der Waals surface area (Å²) in [6.07, 6.45) is -0.344. The predicted molar refractivity (Wildman–Crippen MR) is 145 cm³/mol. The van der Waals surface area contributed by atoms with Crippen LogP contribution in [0.2, 0.25) is 0 Å². The Hall–Kier alpha value is -4.22. The molecule has 0 radical (unpaired) electrons. The van der Waals surface area contributed by atoms with Gasteiger partial charge in [-0.25, -0.2) is 4.99 Å². The van der Waals surface area contributed by atoms with E-state index < -0.39 is 6.10 Å². The van der Waals surface area contributed by atoms with Gasteiger partial charge in [0.2, 0.25) is 5.90 Å². The number of carbonyl (C=O) groups is 1. The number of ether oxygens (including phenoxy) is 2. The third-order valence-electron chi connectivity index (χ3n) is 6.40. The van der Waals surface area contributed by atoms with Crippen molar-refractivity contribution in [1.29, 1.82) is 0 Å². The number of aliphatic imine (C=N–C) groups is 1. The third-order valence-corrected chi connectivity index (χ3v) is 6.40. The zero-order valence-corrected chi connectivity index (χ0v) is 20.6. The molecule has 186 valence electrons. The maximum atomic E-state index is 13.4. The summed E-state index contributed by atoms with van der Waals surface area (Å²) in [5.41, 5.74) is 4.01. The quantitative estimate of drug-likeness (QED) is 0.276. The van der Waals surface area contributed by atoms with E-state index in [1.807, 2.05) is 109 Å². The summed E-state index contributed by atoms with van der Waals surface area (Å²) in [4.78, 5) is 18.2. The minimum atomic E-state index is -0.541. The van der Waals surface area contributed by atoms with Crippen molar-refractivity contribution in [1.82, 2.24) is 5.32 Å². The zero-order chi connectivity index (χ0) is 25.3. The van der Waals surface area contributed by atoms with Gasteiger partial charge in [0, 0.05) is 18.2 Å². The molecule has 1 N–H and O–H groups in total. The Bertz CT molecular complexity index is 1300. The minimum absolute atomic E-state index is 0.187. The van der Waals surface area contributed by atoms with E-state index in [2.05, 4.69) is 17.4 Å².